The molecule has 1 amide bonds. The first-order valence-electron chi connectivity index (χ1n) is 8.67. The zero-order valence-electron chi connectivity index (χ0n) is 15.4. The molecular formula is C19H23N5OS. The van der Waals surface area contributed by atoms with Gasteiger partial charge in [-0.2, -0.15) is 0 Å². The SMILES string of the molecule is CC(C)c1cccc(C(C)C)c1NC(=O)CSc1ncnc2nc[nH]c12. The van der Waals surface area contributed by atoms with Gasteiger partial charge in [0.05, 0.1) is 12.1 Å². The third-order valence-electron chi connectivity index (χ3n) is 4.17. The summed E-state index contributed by atoms with van der Waals surface area (Å²) in [6, 6.07) is 6.22. The van der Waals surface area contributed by atoms with Gasteiger partial charge in [0, 0.05) is 5.69 Å². The van der Waals surface area contributed by atoms with Gasteiger partial charge in [0.2, 0.25) is 5.91 Å². The number of aromatic nitrogens is 4. The number of rotatable bonds is 6. The molecular weight excluding hydrogens is 346 g/mol. The molecule has 0 saturated heterocycles. The maximum atomic E-state index is 12.6. The molecule has 6 nitrogen and oxygen atoms in total. The second kappa shape index (κ2) is 7.86. The molecule has 7 heteroatoms. The first-order chi connectivity index (χ1) is 12.5. The number of imidazole rings is 1. The third-order valence-corrected chi connectivity index (χ3v) is 5.16. The topological polar surface area (TPSA) is 83.6 Å². The summed E-state index contributed by atoms with van der Waals surface area (Å²) in [7, 11) is 0. The summed E-state index contributed by atoms with van der Waals surface area (Å²) in [6.45, 7) is 8.55. The summed E-state index contributed by atoms with van der Waals surface area (Å²) < 4.78 is 0. The molecule has 0 fully saturated rings. The van der Waals surface area contributed by atoms with Crippen molar-refractivity contribution in [3.8, 4) is 0 Å². The lowest BCUT2D eigenvalue weighted by molar-refractivity contribution is -0.113. The molecule has 26 heavy (non-hydrogen) atoms. The van der Waals surface area contributed by atoms with Gasteiger partial charge in [-0.05, 0) is 23.0 Å². The van der Waals surface area contributed by atoms with Crippen molar-refractivity contribution < 1.29 is 4.79 Å². The van der Waals surface area contributed by atoms with Gasteiger partial charge in [0.1, 0.15) is 16.9 Å². The van der Waals surface area contributed by atoms with E-state index in [2.05, 4.69) is 71.1 Å². The van der Waals surface area contributed by atoms with Gasteiger partial charge in [-0.1, -0.05) is 57.7 Å². The van der Waals surface area contributed by atoms with Crippen molar-refractivity contribution in [2.24, 2.45) is 0 Å². The Balaban J connectivity index is 1.77. The molecule has 0 spiro atoms. The Morgan fingerprint density at radius 1 is 1.12 bits per heavy atom. The highest BCUT2D eigenvalue weighted by molar-refractivity contribution is 8.00. The maximum absolute atomic E-state index is 12.6. The largest absolute Gasteiger partial charge is 0.341 e. The fourth-order valence-corrected chi connectivity index (χ4v) is 3.61. The Kier molecular flexibility index (Phi) is 5.56. The smallest absolute Gasteiger partial charge is 0.234 e. The fraction of sp³-hybridized carbons (Fsp3) is 0.368. The summed E-state index contributed by atoms with van der Waals surface area (Å²) in [5, 5.41) is 3.85. The number of carbonyl (C=O) groups is 1. The number of H-pyrrole nitrogens is 1. The summed E-state index contributed by atoms with van der Waals surface area (Å²) in [6.07, 6.45) is 3.05. The van der Waals surface area contributed by atoms with Gasteiger partial charge in [-0.3, -0.25) is 4.79 Å². The number of hydrogen-bond donors (Lipinski definition) is 2. The van der Waals surface area contributed by atoms with Crippen LogP contribution in [0.25, 0.3) is 11.2 Å². The first kappa shape index (κ1) is 18.4. The van der Waals surface area contributed by atoms with Crippen LogP contribution >= 0.6 is 11.8 Å². The predicted octanol–water partition coefficient (Wildman–Crippen LogP) is 4.33. The highest BCUT2D eigenvalue weighted by atomic mass is 32.2. The molecule has 3 rings (SSSR count). The van der Waals surface area contributed by atoms with E-state index in [0.717, 1.165) is 27.4 Å². The second-order valence-corrected chi connectivity index (χ2v) is 7.70. The van der Waals surface area contributed by atoms with E-state index in [1.54, 1.807) is 6.33 Å². The monoisotopic (exact) mass is 369 g/mol. The van der Waals surface area contributed by atoms with Crippen LogP contribution in [0.5, 0.6) is 0 Å². The van der Waals surface area contributed by atoms with Crippen LogP contribution in [-0.2, 0) is 4.79 Å². The minimum absolute atomic E-state index is 0.0451. The molecule has 0 bridgehead atoms. The lowest BCUT2D eigenvalue weighted by Gasteiger charge is -2.20. The average molecular weight is 369 g/mol. The maximum Gasteiger partial charge on any atom is 0.234 e. The first-order valence-corrected chi connectivity index (χ1v) is 9.65. The van der Waals surface area contributed by atoms with Crippen LogP contribution in [0.15, 0.2) is 35.9 Å². The lowest BCUT2D eigenvalue weighted by Crippen LogP contribution is -2.17. The number of carbonyl (C=O) groups excluding carboxylic acids is 1. The average Bonchev–Trinajstić information content (AvgIpc) is 3.09. The minimum atomic E-state index is -0.0451. The number of thioether (sulfide) groups is 1. The summed E-state index contributed by atoms with van der Waals surface area (Å²) in [4.78, 5) is 28.1. The quantitative estimate of drug-likeness (QED) is 0.499. The van der Waals surface area contributed by atoms with Crippen LogP contribution in [-0.4, -0.2) is 31.6 Å². The van der Waals surface area contributed by atoms with E-state index < -0.39 is 0 Å². The zero-order valence-corrected chi connectivity index (χ0v) is 16.2. The molecule has 0 atom stereocenters. The standard InChI is InChI=1S/C19H23N5OS/c1-11(2)13-6-5-7-14(12(3)4)16(13)24-15(25)8-26-19-17-18(21-9-20-17)22-10-23-19/h5-7,9-12H,8H2,1-4H3,(H,24,25)(H,20,21,22,23). The van der Waals surface area contributed by atoms with Gasteiger partial charge >= 0.3 is 0 Å². The number of nitrogens with one attached hydrogen (secondary N) is 2. The van der Waals surface area contributed by atoms with Crippen molar-refractivity contribution in [1.82, 2.24) is 19.9 Å². The van der Waals surface area contributed by atoms with E-state index in [1.807, 2.05) is 0 Å². The van der Waals surface area contributed by atoms with E-state index in [0.29, 0.717) is 17.5 Å². The fourth-order valence-electron chi connectivity index (χ4n) is 2.86. The van der Waals surface area contributed by atoms with Crippen molar-refractivity contribution in [1.29, 1.82) is 0 Å². The van der Waals surface area contributed by atoms with Gasteiger partial charge in [-0.25, -0.2) is 15.0 Å². The molecule has 2 N–H and O–H groups in total. The number of hydrogen-bond acceptors (Lipinski definition) is 5. The molecule has 1 aromatic carbocycles. The summed E-state index contributed by atoms with van der Waals surface area (Å²) in [5.74, 6) is 0.900. The van der Waals surface area contributed by atoms with E-state index in [9.17, 15) is 4.79 Å². The summed E-state index contributed by atoms with van der Waals surface area (Å²) >= 11 is 1.38. The van der Waals surface area contributed by atoms with Crippen molar-refractivity contribution in [2.75, 3.05) is 11.1 Å². The van der Waals surface area contributed by atoms with E-state index >= 15 is 0 Å². The Morgan fingerprint density at radius 2 is 1.81 bits per heavy atom. The number of fused-ring (bicyclic) bond motifs is 1. The number of nitrogens with zero attached hydrogens (tertiary/aromatic N) is 3. The Morgan fingerprint density at radius 3 is 2.46 bits per heavy atom. The molecule has 2 heterocycles. The van der Waals surface area contributed by atoms with Crippen molar-refractivity contribution in [3.05, 3.63) is 42.0 Å². The second-order valence-electron chi connectivity index (χ2n) is 6.74. The van der Waals surface area contributed by atoms with E-state index in [1.165, 1.54) is 18.1 Å². The number of aromatic amines is 1. The molecule has 0 unspecified atom stereocenters. The predicted molar refractivity (Wildman–Crippen MR) is 106 cm³/mol. The zero-order chi connectivity index (χ0) is 18.7. The van der Waals surface area contributed by atoms with Crippen LogP contribution in [0.2, 0.25) is 0 Å². The number of anilines is 1. The molecule has 2 aromatic heterocycles. The van der Waals surface area contributed by atoms with Crippen molar-refractivity contribution in [2.45, 2.75) is 44.6 Å². The highest BCUT2D eigenvalue weighted by Crippen LogP contribution is 2.32. The van der Waals surface area contributed by atoms with Crippen molar-refractivity contribution >= 4 is 34.5 Å². The van der Waals surface area contributed by atoms with Crippen LogP contribution in [0.4, 0.5) is 5.69 Å². The normalized spacial score (nSPS) is 11.5. The summed E-state index contributed by atoms with van der Waals surface area (Å²) in [5.41, 5.74) is 4.63. The van der Waals surface area contributed by atoms with Crippen LogP contribution in [0.1, 0.15) is 50.7 Å². The van der Waals surface area contributed by atoms with Gasteiger partial charge < -0.3 is 10.3 Å². The van der Waals surface area contributed by atoms with E-state index in [-0.39, 0.29) is 11.7 Å². The lowest BCUT2D eigenvalue weighted by atomic mass is 9.92. The van der Waals surface area contributed by atoms with E-state index in [4.69, 9.17) is 0 Å². The molecule has 0 saturated carbocycles. The molecule has 0 aliphatic rings. The van der Waals surface area contributed by atoms with Crippen LogP contribution in [0.3, 0.4) is 0 Å². The van der Waals surface area contributed by atoms with Crippen molar-refractivity contribution in [3.63, 3.8) is 0 Å². The number of benzene rings is 1. The van der Waals surface area contributed by atoms with Crippen LogP contribution in [0, 0.1) is 0 Å². The van der Waals surface area contributed by atoms with Gasteiger partial charge in [-0.15, -0.1) is 0 Å². The molecule has 0 aliphatic carbocycles. The Hall–Kier alpha value is -2.41. The van der Waals surface area contributed by atoms with Crippen LogP contribution < -0.4 is 5.32 Å². The Labute approximate surface area is 157 Å². The molecule has 0 aliphatic heterocycles. The molecule has 0 radical (unpaired) electrons. The molecule has 3 aromatic rings. The van der Waals surface area contributed by atoms with Gasteiger partial charge in [0.15, 0.2) is 5.65 Å². The highest BCUT2D eigenvalue weighted by Gasteiger charge is 2.16. The third kappa shape index (κ3) is 3.88. The minimum Gasteiger partial charge on any atom is -0.341 e. The number of para-hydroxylation sites is 1. The molecule has 136 valence electrons. The van der Waals surface area contributed by atoms with Gasteiger partial charge in [0.25, 0.3) is 0 Å². The Bertz CT molecular complexity index is 893. The number of amides is 1.